The van der Waals surface area contributed by atoms with E-state index in [-0.39, 0.29) is 11.7 Å². The lowest BCUT2D eigenvalue weighted by atomic mass is 9.96. The minimum Gasteiger partial charge on any atom is -0.497 e. The van der Waals surface area contributed by atoms with Gasteiger partial charge in [0.2, 0.25) is 0 Å². The molecule has 9 heteroatoms. The second kappa shape index (κ2) is 10.7. The SMILES string of the molecule is CCOc1ccc(/C=c2\sc3n(c2=O)[C@@H](c2ccc(OC)cc2)C(C(=O)OC(C)C)=C(C)N=3)cc1Cl. The number of hydrogen-bond acceptors (Lipinski definition) is 7. The van der Waals surface area contributed by atoms with E-state index in [0.717, 1.165) is 11.1 Å². The van der Waals surface area contributed by atoms with E-state index in [0.29, 0.717) is 43.7 Å². The highest BCUT2D eigenvalue weighted by molar-refractivity contribution is 7.07. The molecule has 0 saturated carbocycles. The van der Waals surface area contributed by atoms with Gasteiger partial charge in [0, 0.05) is 0 Å². The predicted octanol–water partition coefficient (Wildman–Crippen LogP) is 4.25. The van der Waals surface area contributed by atoms with Crippen LogP contribution in [-0.2, 0) is 9.53 Å². The van der Waals surface area contributed by atoms with Gasteiger partial charge in [0.25, 0.3) is 5.56 Å². The Morgan fingerprint density at radius 3 is 2.56 bits per heavy atom. The molecule has 4 rings (SSSR count). The molecule has 0 N–H and O–H groups in total. The molecule has 0 saturated heterocycles. The highest BCUT2D eigenvalue weighted by Gasteiger charge is 2.33. The van der Waals surface area contributed by atoms with Crippen molar-refractivity contribution < 1.29 is 19.0 Å². The number of esters is 1. The number of thiazole rings is 1. The van der Waals surface area contributed by atoms with Crippen molar-refractivity contribution in [3.05, 3.63) is 89.6 Å². The van der Waals surface area contributed by atoms with E-state index in [9.17, 15) is 9.59 Å². The number of aromatic nitrogens is 1. The fraction of sp³-hybridized carbons (Fsp3) is 0.296. The lowest BCUT2D eigenvalue weighted by Crippen LogP contribution is -2.40. The molecule has 1 atom stereocenters. The van der Waals surface area contributed by atoms with Gasteiger partial charge in [-0.25, -0.2) is 9.79 Å². The molecule has 188 valence electrons. The van der Waals surface area contributed by atoms with Crippen LogP contribution in [0, 0.1) is 0 Å². The third-order valence-electron chi connectivity index (χ3n) is 5.57. The first-order valence-electron chi connectivity index (χ1n) is 11.5. The fourth-order valence-corrected chi connectivity index (χ4v) is 5.28. The van der Waals surface area contributed by atoms with Gasteiger partial charge in [0.1, 0.15) is 11.5 Å². The molecule has 0 spiro atoms. The van der Waals surface area contributed by atoms with Crippen molar-refractivity contribution in [2.24, 2.45) is 4.99 Å². The van der Waals surface area contributed by atoms with Crippen molar-refractivity contribution in [1.29, 1.82) is 0 Å². The van der Waals surface area contributed by atoms with Gasteiger partial charge in [-0.2, -0.15) is 0 Å². The first-order chi connectivity index (χ1) is 17.2. The van der Waals surface area contributed by atoms with Crippen LogP contribution in [0.3, 0.4) is 0 Å². The van der Waals surface area contributed by atoms with E-state index in [1.807, 2.05) is 25.1 Å². The molecule has 7 nitrogen and oxygen atoms in total. The number of methoxy groups -OCH3 is 1. The summed E-state index contributed by atoms with van der Waals surface area (Å²) in [5.41, 5.74) is 2.09. The van der Waals surface area contributed by atoms with Gasteiger partial charge < -0.3 is 14.2 Å². The molecule has 1 aromatic heterocycles. The zero-order chi connectivity index (χ0) is 26.0. The summed E-state index contributed by atoms with van der Waals surface area (Å²) in [5, 5.41) is 0.462. The Kier molecular flexibility index (Phi) is 7.66. The van der Waals surface area contributed by atoms with E-state index in [1.165, 1.54) is 11.3 Å². The minimum atomic E-state index is -0.690. The minimum absolute atomic E-state index is 0.257. The van der Waals surface area contributed by atoms with Gasteiger partial charge in [-0.15, -0.1) is 0 Å². The van der Waals surface area contributed by atoms with E-state index in [4.69, 9.17) is 25.8 Å². The second-order valence-electron chi connectivity index (χ2n) is 8.43. The third-order valence-corrected chi connectivity index (χ3v) is 6.85. The van der Waals surface area contributed by atoms with Crippen molar-refractivity contribution in [1.82, 2.24) is 4.57 Å². The van der Waals surface area contributed by atoms with E-state index in [1.54, 1.807) is 62.8 Å². The van der Waals surface area contributed by atoms with Gasteiger partial charge in [-0.3, -0.25) is 9.36 Å². The molecule has 2 aromatic carbocycles. The zero-order valence-electron chi connectivity index (χ0n) is 20.7. The van der Waals surface area contributed by atoms with Crippen molar-refractivity contribution in [2.75, 3.05) is 13.7 Å². The van der Waals surface area contributed by atoms with Gasteiger partial charge >= 0.3 is 5.97 Å². The third kappa shape index (κ3) is 5.10. The van der Waals surface area contributed by atoms with Crippen molar-refractivity contribution in [3.63, 3.8) is 0 Å². The van der Waals surface area contributed by atoms with Gasteiger partial charge in [-0.05, 0) is 69.2 Å². The number of carbonyl (C=O) groups excluding carboxylic acids is 1. The lowest BCUT2D eigenvalue weighted by Gasteiger charge is -2.25. The molecular formula is C27H27ClN2O5S. The quantitative estimate of drug-likeness (QED) is 0.430. The smallest absolute Gasteiger partial charge is 0.338 e. The maximum absolute atomic E-state index is 13.7. The Hall–Kier alpha value is -3.36. The maximum Gasteiger partial charge on any atom is 0.338 e. The van der Waals surface area contributed by atoms with E-state index in [2.05, 4.69) is 4.99 Å². The highest BCUT2D eigenvalue weighted by atomic mass is 35.5. The first-order valence-corrected chi connectivity index (χ1v) is 12.7. The summed E-state index contributed by atoms with van der Waals surface area (Å²) in [7, 11) is 1.58. The molecule has 0 radical (unpaired) electrons. The average Bonchev–Trinajstić information content (AvgIpc) is 3.14. The largest absolute Gasteiger partial charge is 0.497 e. The van der Waals surface area contributed by atoms with Crippen LogP contribution in [0.4, 0.5) is 0 Å². The van der Waals surface area contributed by atoms with Gasteiger partial charge in [0.05, 0.1) is 46.7 Å². The maximum atomic E-state index is 13.7. The fourth-order valence-electron chi connectivity index (χ4n) is 3.99. The highest BCUT2D eigenvalue weighted by Crippen LogP contribution is 2.32. The molecule has 0 unspecified atom stereocenters. The number of benzene rings is 2. The molecule has 0 fully saturated rings. The summed E-state index contributed by atoms with van der Waals surface area (Å²) in [5.74, 6) is 0.756. The van der Waals surface area contributed by atoms with Crippen LogP contribution in [0.1, 0.15) is 44.9 Å². The summed E-state index contributed by atoms with van der Waals surface area (Å²) in [6, 6.07) is 12.0. The summed E-state index contributed by atoms with van der Waals surface area (Å²) < 4.78 is 18.3. The Morgan fingerprint density at radius 2 is 1.94 bits per heavy atom. The summed E-state index contributed by atoms with van der Waals surface area (Å²) in [4.78, 5) is 32.0. The molecule has 0 bridgehead atoms. The van der Waals surface area contributed by atoms with Crippen LogP contribution in [0.5, 0.6) is 11.5 Å². The number of allylic oxidation sites excluding steroid dienone is 1. The summed E-state index contributed by atoms with van der Waals surface area (Å²) >= 11 is 7.60. The average molecular weight is 527 g/mol. The standard InChI is InChI=1S/C27H27ClN2O5S/c1-6-34-21-12-7-17(13-20(21)28)14-22-25(31)30-24(18-8-10-19(33-5)11-9-18)23(26(32)35-15(2)3)16(4)29-27(30)36-22/h7-15,24H,6H2,1-5H3/b22-14-/t24-/m0/s1. The predicted molar refractivity (Wildman–Crippen MR) is 141 cm³/mol. The molecule has 1 aliphatic rings. The van der Waals surface area contributed by atoms with Gasteiger partial charge in [0.15, 0.2) is 4.80 Å². The van der Waals surface area contributed by atoms with Crippen molar-refractivity contribution in [2.45, 2.75) is 39.8 Å². The van der Waals surface area contributed by atoms with E-state index >= 15 is 0 Å². The monoisotopic (exact) mass is 526 g/mol. The summed E-state index contributed by atoms with van der Waals surface area (Å²) in [6.45, 7) is 7.72. The molecular weight excluding hydrogens is 500 g/mol. The number of nitrogens with zero attached hydrogens (tertiary/aromatic N) is 2. The van der Waals surface area contributed by atoms with Gasteiger partial charge in [-0.1, -0.05) is 41.1 Å². The topological polar surface area (TPSA) is 79.1 Å². The first kappa shape index (κ1) is 25.7. The van der Waals surface area contributed by atoms with Crippen LogP contribution in [-0.4, -0.2) is 30.4 Å². The lowest BCUT2D eigenvalue weighted by molar-refractivity contribution is -0.143. The molecule has 0 amide bonds. The number of carbonyl (C=O) groups is 1. The molecule has 0 aliphatic carbocycles. The number of halogens is 1. The Morgan fingerprint density at radius 1 is 1.22 bits per heavy atom. The Labute approximate surface area is 217 Å². The van der Waals surface area contributed by atoms with Crippen LogP contribution >= 0.6 is 22.9 Å². The summed E-state index contributed by atoms with van der Waals surface area (Å²) in [6.07, 6.45) is 1.45. The number of hydrogen-bond donors (Lipinski definition) is 0. The molecule has 36 heavy (non-hydrogen) atoms. The van der Waals surface area contributed by atoms with Crippen LogP contribution in [0.25, 0.3) is 6.08 Å². The van der Waals surface area contributed by atoms with Crippen LogP contribution < -0.4 is 24.4 Å². The van der Waals surface area contributed by atoms with Crippen LogP contribution in [0.15, 0.2) is 63.5 Å². The van der Waals surface area contributed by atoms with E-state index < -0.39 is 12.0 Å². The number of rotatable bonds is 7. The zero-order valence-corrected chi connectivity index (χ0v) is 22.3. The van der Waals surface area contributed by atoms with Crippen molar-refractivity contribution in [3.8, 4) is 11.5 Å². The Bertz CT molecular complexity index is 1500. The molecule has 3 aromatic rings. The molecule has 2 heterocycles. The number of fused-ring (bicyclic) bond motifs is 1. The van der Waals surface area contributed by atoms with Crippen molar-refractivity contribution >= 4 is 35.0 Å². The molecule has 1 aliphatic heterocycles. The second-order valence-corrected chi connectivity index (χ2v) is 9.85. The normalized spacial score (nSPS) is 15.5. The number of ether oxygens (including phenoxy) is 3. The Balaban J connectivity index is 1.89. The van der Waals surface area contributed by atoms with Crippen LogP contribution in [0.2, 0.25) is 5.02 Å².